The van der Waals surface area contributed by atoms with E-state index in [2.05, 4.69) is 10.2 Å². The lowest BCUT2D eigenvalue weighted by Gasteiger charge is -2.18. The average Bonchev–Trinajstić information content (AvgIpc) is 2.61. The van der Waals surface area contributed by atoms with Gasteiger partial charge in [-0.2, -0.15) is 10.2 Å². The molecule has 0 unspecified atom stereocenters. The molecule has 0 bridgehead atoms. The van der Waals surface area contributed by atoms with Gasteiger partial charge in [-0.1, -0.05) is 44.2 Å². The third kappa shape index (κ3) is 2.85. The van der Waals surface area contributed by atoms with Crippen molar-refractivity contribution in [3.05, 3.63) is 59.2 Å². The predicted molar refractivity (Wildman–Crippen MR) is 89.9 cm³/mol. The summed E-state index contributed by atoms with van der Waals surface area (Å²) in [6.45, 7) is 4.06. The molecule has 1 heterocycles. The number of hydrogen-bond donors (Lipinski definition) is 0. The van der Waals surface area contributed by atoms with E-state index < -0.39 is 12.0 Å². The van der Waals surface area contributed by atoms with Gasteiger partial charge in [-0.05, 0) is 36.1 Å². The molecule has 3 rings (SSSR count). The third-order valence-corrected chi connectivity index (χ3v) is 4.07. The molecule has 0 amide bonds. The lowest BCUT2D eigenvalue weighted by molar-refractivity contribution is -0.135. The van der Waals surface area contributed by atoms with E-state index in [9.17, 15) is 9.59 Å². The van der Waals surface area contributed by atoms with E-state index >= 15 is 0 Å². The van der Waals surface area contributed by atoms with E-state index in [1.54, 1.807) is 24.3 Å². The molecule has 5 heteroatoms. The number of para-hydroxylation sites is 1. The van der Waals surface area contributed by atoms with Crippen LogP contribution in [0.5, 0.6) is 5.75 Å². The van der Waals surface area contributed by atoms with Crippen molar-refractivity contribution in [2.75, 3.05) is 0 Å². The minimum absolute atomic E-state index is 0.280. The third-order valence-electron chi connectivity index (χ3n) is 4.07. The number of benzene rings is 2. The van der Waals surface area contributed by atoms with E-state index in [1.807, 2.05) is 32.0 Å². The minimum Gasteiger partial charge on any atom is -0.424 e. The summed E-state index contributed by atoms with van der Waals surface area (Å²) >= 11 is 0. The Hall–Kier alpha value is -2.82. The molecule has 0 N–H and O–H groups in total. The molecule has 0 aromatic heterocycles. The zero-order valence-corrected chi connectivity index (χ0v) is 13.7. The number of fused-ring (bicyclic) bond motifs is 1. The molecule has 0 saturated carbocycles. The molecule has 2 aromatic carbocycles. The number of ether oxygens (including phenoxy) is 1. The van der Waals surface area contributed by atoms with Crippen molar-refractivity contribution in [3.63, 3.8) is 0 Å². The fourth-order valence-electron chi connectivity index (χ4n) is 2.74. The van der Waals surface area contributed by atoms with E-state index in [0.717, 1.165) is 29.7 Å². The van der Waals surface area contributed by atoms with Crippen LogP contribution in [0, 0.1) is 0 Å². The molecule has 0 aliphatic carbocycles. The van der Waals surface area contributed by atoms with Crippen LogP contribution in [0.3, 0.4) is 0 Å². The molecule has 5 nitrogen and oxygen atoms in total. The van der Waals surface area contributed by atoms with Crippen LogP contribution < -0.4 is 4.74 Å². The SMILES string of the molecule is CCc1cccc(CC)c1N=N[C@H]1C(=O)Oc2ccccc2C1=O. The summed E-state index contributed by atoms with van der Waals surface area (Å²) in [5.41, 5.74) is 3.17. The van der Waals surface area contributed by atoms with Gasteiger partial charge in [0.1, 0.15) is 5.75 Å². The fourth-order valence-corrected chi connectivity index (χ4v) is 2.74. The number of azo groups is 1. The standard InChI is InChI=1S/C19H18N2O3/c1-3-12-8-7-9-13(4-2)16(12)20-21-17-18(22)14-10-5-6-11-15(14)24-19(17)23/h5-11,17H,3-4H2,1-2H3/t17-/m1/s1. The Kier molecular flexibility index (Phi) is 4.51. The Labute approximate surface area is 140 Å². The van der Waals surface area contributed by atoms with E-state index in [0.29, 0.717) is 5.56 Å². The molecule has 0 saturated heterocycles. The summed E-state index contributed by atoms with van der Waals surface area (Å²) in [4.78, 5) is 24.6. The molecular weight excluding hydrogens is 304 g/mol. The van der Waals surface area contributed by atoms with Crippen LogP contribution in [-0.2, 0) is 17.6 Å². The van der Waals surface area contributed by atoms with Gasteiger partial charge in [-0.25, -0.2) is 4.79 Å². The second-order valence-corrected chi connectivity index (χ2v) is 5.53. The van der Waals surface area contributed by atoms with Gasteiger partial charge >= 0.3 is 5.97 Å². The van der Waals surface area contributed by atoms with Gasteiger partial charge in [0.05, 0.1) is 11.3 Å². The Balaban J connectivity index is 1.96. The van der Waals surface area contributed by atoms with Gasteiger partial charge < -0.3 is 4.74 Å². The highest BCUT2D eigenvalue weighted by molar-refractivity contribution is 6.16. The zero-order valence-electron chi connectivity index (χ0n) is 13.7. The van der Waals surface area contributed by atoms with Gasteiger partial charge in [-0.3, -0.25) is 4.79 Å². The first-order valence-corrected chi connectivity index (χ1v) is 8.02. The maximum absolute atomic E-state index is 12.5. The number of rotatable bonds is 4. The highest BCUT2D eigenvalue weighted by Gasteiger charge is 2.36. The molecular formula is C19H18N2O3. The summed E-state index contributed by atoms with van der Waals surface area (Å²) < 4.78 is 5.20. The molecule has 0 radical (unpaired) electrons. The fraction of sp³-hybridized carbons (Fsp3) is 0.263. The lowest BCUT2D eigenvalue weighted by Crippen LogP contribution is -2.36. The van der Waals surface area contributed by atoms with Gasteiger partial charge in [0.2, 0.25) is 11.8 Å². The first-order chi connectivity index (χ1) is 11.7. The van der Waals surface area contributed by atoms with E-state index in [1.165, 1.54) is 0 Å². The first-order valence-electron chi connectivity index (χ1n) is 8.02. The topological polar surface area (TPSA) is 68.1 Å². The largest absolute Gasteiger partial charge is 0.424 e. The quantitative estimate of drug-likeness (QED) is 0.369. The lowest BCUT2D eigenvalue weighted by atomic mass is 10.0. The number of carbonyl (C=O) groups excluding carboxylic acids is 2. The highest BCUT2D eigenvalue weighted by atomic mass is 16.5. The number of carbonyl (C=O) groups is 2. The molecule has 2 aromatic rings. The second kappa shape index (κ2) is 6.74. The molecule has 1 aliphatic heterocycles. The molecule has 1 atom stereocenters. The molecule has 0 spiro atoms. The van der Waals surface area contributed by atoms with Crippen LogP contribution in [0.4, 0.5) is 5.69 Å². The summed E-state index contributed by atoms with van der Waals surface area (Å²) in [6, 6.07) is 11.4. The number of hydrogen-bond acceptors (Lipinski definition) is 5. The summed E-state index contributed by atoms with van der Waals surface area (Å²) in [5, 5.41) is 8.28. The van der Waals surface area contributed by atoms with E-state index in [4.69, 9.17) is 4.74 Å². The predicted octanol–water partition coefficient (Wildman–Crippen LogP) is 4.07. The van der Waals surface area contributed by atoms with Crippen LogP contribution in [-0.4, -0.2) is 17.8 Å². The smallest absolute Gasteiger partial charge is 0.346 e. The Morgan fingerprint density at radius 1 is 0.958 bits per heavy atom. The number of ketones is 1. The van der Waals surface area contributed by atoms with Crippen molar-refractivity contribution in [2.45, 2.75) is 32.7 Å². The van der Waals surface area contributed by atoms with Gasteiger partial charge in [0.25, 0.3) is 0 Å². The Morgan fingerprint density at radius 3 is 2.29 bits per heavy atom. The van der Waals surface area contributed by atoms with Gasteiger partial charge in [0.15, 0.2) is 0 Å². The second-order valence-electron chi connectivity index (χ2n) is 5.53. The van der Waals surface area contributed by atoms with Crippen LogP contribution in [0.15, 0.2) is 52.7 Å². The van der Waals surface area contributed by atoms with Crippen LogP contribution in [0.2, 0.25) is 0 Å². The van der Waals surface area contributed by atoms with Crippen LogP contribution in [0.1, 0.15) is 35.3 Å². The van der Waals surface area contributed by atoms with Crippen molar-refractivity contribution < 1.29 is 14.3 Å². The summed E-state index contributed by atoms with van der Waals surface area (Å²) in [5.74, 6) is -0.783. The first kappa shape index (κ1) is 16.1. The summed E-state index contributed by atoms with van der Waals surface area (Å²) in [6.07, 6.45) is 1.60. The minimum atomic E-state index is -1.24. The molecule has 0 fully saturated rings. The number of Topliss-reactive ketones (excluding diaryl/α,β-unsaturated/α-hetero) is 1. The molecule has 1 aliphatic rings. The Morgan fingerprint density at radius 2 is 1.62 bits per heavy atom. The van der Waals surface area contributed by atoms with Crippen LogP contribution >= 0.6 is 0 Å². The normalized spacial score (nSPS) is 17.0. The Bertz CT molecular complexity index is 805. The zero-order chi connectivity index (χ0) is 17.1. The van der Waals surface area contributed by atoms with Crippen molar-refractivity contribution in [1.82, 2.24) is 0 Å². The number of nitrogens with zero attached hydrogens (tertiary/aromatic N) is 2. The average molecular weight is 322 g/mol. The molecule has 24 heavy (non-hydrogen) atoms. The monoisotopic (exact) mass is 322 g/mol. The summed E-state index contributed by atoms with van der Waals surface area (Å²) in [7, 11) is 0. The van der Waals surface area contributed by atoms with Crippen molar-refractivity contribution in [2.24, 2.45) is 10.2 Å². The van der Waals surface area contributed by atoms with Crippen molar-refractivity contribution in [1.29, 1.82) is 0 Å². The molecule has 122 valence electrons. The van der Waals surface area contributed by atoms with Gasteiger partial charge in [-0.15, -0.1) is 0 Å². The maximum Gasteiger partial charge on any atom is 0.346 e. The van der Waals surface area contributed by atoms with Crippen molar-refractivity contribution in [3.8, 4) is 5.75 Å². The van der Waals surface area contributed by atoms with Gasteiger partial charge in [0, 0.05) is 0 Å². The van der Waals surface area contributed by atoms with Crippen LogP contribution in [0.25, 0.3) is 0 Å². The number of esters is 1. The van der Waals surface area contributed by atoms with E-state index in [-0.39, 0.29) is 11.5 Å². The number of aryl methyl sites for hydroxylation is 2. The highest BCUT2D eigenvalue weighted by Crippen LogP contribution is 2.29. The van der Waals surface area contributed by atoms with Crippen molar-refractivity contribution >= 4 is 17.4 Å². The maximum atomic E-state index is 12.5.